The SMILES string of the molecule is CCN(C[C@@H](O)[C@H](Cc1ccccc1)NC(=O)Cc1ccc(N2CCCC2=O)cc1)NC(=O)CCC(C)C. The minimum Gasteiger partial charge on any atom is -0.390 e. The van der Waals surface area contributed by atoms with Gasteiger partial charge < -0.3 is 15.3 Å². The Labute approximate surface area is 226 Å². The van der Waals surface area contributed by atoms with Crippen LogP contribution >= 0.6 is 0 Å². The topological polar surface area (TPSA) is 102 Å². The second kappa shape index (κ2) is 14.6. The third-order valence-corrected chi connectivity index (χ3v) is 6.82. The zero-order valence-corrected chi connectivity index (χ0v) is 22.9. The first kappa shape index (κ1) is 29.3. The minimum absolute atomic E-state index is 0.0736. The molecule has 2 atom stereocenters. The molecule has 0 aliphatic carbocycles. The monoisotopic (exact) mass is 522 g/mol. The number of hydrazine groups is 1. The molecule has 2 aromatic rings. The van der Waals surface area contributed by atoms with Crippen molar-refractivity contribution in [2.75, 3.05) is 24.5 Å². The van der Waals surface area contributed by atoms with Crippen molar-refractivity contribution >= 4 is 23.4 Å². The normalized spacial score (nSPS) is 15.1. The summed E-state index contributed by atoms with van der Waals surface area (Å²) in [4.78, 5) is 39.1. The summed E-state index contributed by atoms with van der Waals surface area (Å²) < 4.78 is 0. The standard InChI is InChI=1S/C30H42N4O4/c1-4-33(32-28(36)17-12-22(2)3)21-27(35)26(19-23-9-6-5-7-10-23)31-29(37)20-24-13-15-25(16-14-24)34-18-8-11-30(34)38/h5-7,9-10,13-16,22,26-27,35H,4,8,11-12,17-21H2,1-3H3,(H,31,37)(H,32,36)/t26-,27+/m0/s1. The third kappa shape index (κ3) is 9.26. The number of benzene rings is 2. The lowest BCUT2D eigenvalue weighted by Gasteiger charge is -2.30. The molecule has 0 saturated carbocycles. The number of aliphatic hydroxyl groups is 1. The molecule has 206 valence electrons. The Morgan fingerprint density at radius 1 is 1.03 bits per heavy atom. The molecule has 3 N–H and O–H groups in total. The molecule has 3 rings (SSSR count). The summed E-state index contributed by atoms with van der Waals surface area (Å²) in [5.74, 6) is 0.297. The number of nitrogens with zero attached hydrogens (tertiary/aromatic N) is 2. The smallest absolute Gasteiger partial charge is 0.234 e. The Morgan fingerprint density at radius 2 is 1.74 bits per heavy atom. The number of carbonyl (C=O) groups excluding carboxylic acids is 3. The first-order chi connectivity index (χ1) is 18.2. The molecule has 1 saturated heterocycles. The van der Waals surface area contributed by atoms with Gasteiger partial charge in [-0.05, 0) is 48.4 Å². The van der Waals surface area contributed by atoms with Crippen molar-refractivity contribution in [2.45, 2.75) is 71.4 Å². The van der Waals surface area contributed by atoms with E-state index in [2.05, 4.69) is 24.6 Å². The van der Waals surface area contributed by atoms with Crippen LogP contribution in [-0.4, -0.2) is 59.6 Å². The molecular formula is C30H42N4O4. The van der Waals surface area contributed by atoms with E-state index < -0.39 is 12.1 Å². The summed E-state index contributed by atoms with van der Waals surface area (Å²) in [5.41, 5.74) is 5.57. The van der Waals surface area contributed by atoms with E-state index in [1.165, 1.54) is 0 Å². The van der Waals surface area contributed by atoms with Gasteiger partial charge in [0.1, 0.15) is 0 Å². The van der Waals surface area contributed by atoms with Gasteiger partial charge in [0.15, 0.2) is 0 Å². The molecule has 1 fully saturated rings. The van der Waals surface area contributed by atoms with Gasteiger partial charge in [-0.3, -0.25) is 19.8 Å². The van der Waals surface area contributed by atoms with E-state index in [0.717, 1.165) is 36.2 Å². The van der Waals surface area contributed by atoms with Gasteiger partial charge in [0, 0.05) is 38.2 Å². The molecule has 1 heterocycles. The highest BCUT2D eigenvalue weighted by Gasteiger charge is 2.25. The highest BCUT2D eigenvalue weighted by atomic mass is 16.3. The van der Waals surface area contributed by atoms with Crippen molar-refractivity contribution in [3.05, 3.63) is 65.7 Å². The Morgan fingerprint density at radius 3 is 2.34 bits per heavy atom. The van der Waals surface area contributed by atoms with Crippen LogP contribution in [0.5, 0.6) is 0 Å². The largest absolute Gasteiger partial charge is 0.390 e. The lowest BCUT2D eigenvalue weighted by Crippen LogP contribution is -2.53. The Kier molecular flexibility index (Phi) is 11.3. The fraction of sp³-hybridized carbons (Fsp3) is 0.500. The van der Waals surface area contributed by atoms with Gasteiger partial charge in [-0.1, -0.05) is 63.2 Å². The maximum atomic E-state index is 13.0. The predicted octanol–water partition coefficient (Wildman–Crippen LogP) is 3.23. The van der Waals surface area contributed by atoms with Gasteiger partial charge in [-0.2, -0.15) is 0 Å². The number of anilines is 1. The van der Waals surface area contributed by atoms with Gasteiger partial charge in [0.2, 0.25) is 17.7 Å². The quantitative estimate of drug-likeness (QED) is 0.331. The number of likely N-dealkylation sites (N-methyl/N-ethyl adjacent to an activating group) is 1. The van der Waals surface area contributed by atoms with Gasteiger partial charge in [-0.25, -0.2) is 5.01 Å². The van der Waals surface area contributed by atoms with Gasteiger partial charge in [0.05, 0.1) is 18.6 Å². The van der Waals surface area contributed by atoms with E-state index in [1.807, 2.05) is 61.5 Å². The summed E-state index contributed by atoms with van der Waals surface area (Å²) in [6.45, 7) is 7.52. The van der Waals surface area contributed by atoms with Crippen molar-refractivity contribution in [1.29, 1.82) is 0 Å². The number of aliphatic hydroxyl groups excluding tert-OH is 1. The Balaban J connectivity index is 1.62. The lowest BCUT2D eigenvalue weighted by molar-refractivity contribution is -0.127. The van der Waals surface area contributed by atoms with Crippen LogP contribution in [0.3, 0.4) is 0 Å². The molecule has 38 heavy (non-hydrogen) atoms. The summed E-state index contributed by atoms with van der Waals surface area (Å²) >= 11 is 0. The van der Waals surface area contributed by atoms with Crippen LogP contribution in [0.2, 0.25) is 0 Å². The summed E-state index contributed by atoms with van der Waals surface area (Å²) in [6, 6.07) is 16.7. The second-order valence-corrected chi connectivity index (χ2v) is 10.4. The van der Waals surface area contributed by atoms with Crippen LogP contribution in [0.1, 0.15) is 57.6 Å². The van der Waals surface area contributed by atoms with Crippen LogP contribution in [0.15, 0.2) is 54.6 Å². The molecule has 8 nitrogen and oxygen atoms in total. The zero-order chi connectivity index (χ0) is 27.5. The number of carbonyl (C=O) groups is 3. The molecule has 8 heteroatoms. The molecule has 1 aliphatic heterocycles. The van der Waals surface area contributed by atoms with Crippen LogP contribution in [0, 0.1) is 5.92 Å². The van der Waals surface area contributed by atoms with Crippen LogP contribution < -0.4 is 15.6 Å². The average Bonchev–Trinajstić information content (AvgIpc) is 3.33. The summed E-state index contributed by atoms with van der Waals surface area (Å²) in [6.07, 6.45) is 2.40. The minimum atomic E-state index is -0.895. The number of amides is 3. The maximum absolute atomic E-state index is 13.0. The highest BCUT2D eigenvalue weighted by molar-refractivity contribution is 5.95. The van der Waals surface area contributed by atoms with Crippen molar-refractivity contribution in [2.24, 2.45) is 5.92 Å². The average molecular weight is 523 g/mol. The third-order valence-electron chi connectivity index (χ3n) is 6.82. The molecule has 0 bridgehead atoms. The van der Waals surface area contributed by atoms with E-state index in [-0.39, 0.29) is 30.7 Å². The van der Waals surface area contributed by atoms with Crippen molar-refractivity contribution < 1.29 is 19.5 Å². The first-order valence-corrected chi connectivity index (χ1v) is 13.7. The molecule has 2 aromatic carbocycles. The van der Waals surface area contributed by atoms with Crippen LogP contribution in [0.4, 0.5) is 5.69 Å². The molecule has 0 spiro atoms. The lowest BCUT2D eigenvalue weighted by atomic mass is 10.00. The van der Waals surface area contributed by atoms with Crippen LogP contribution in [0.25, 0.3) is 0 Å². The fourth-order valence-corrected chi connectivity index (χ4v) is 4.57. The molecule has 0 radical (unpaired) electrons. The number of hydrogen-bond acceptors (Lipinski definition) is 5. The van der Waals surface area contributed by atoms with E-state index in [1.54, 1.807) is 9.91 Å². The Hall–Kier alpha value is -3.23. The zero-order valence-electron chi connectivity index (χ0n) is 22.9. The molecule has 0 aromatic heterocycles. The highest BCUT2D eigenvalue weighted by Crippen LogP contribution is 2.21. The first-order valence-electron chi connectivity index (χ1n) is 13.7. The molecular weight excluding hydrogens is 480 g/mol. The fourth-order valence-electron chi connectivity index (χ4n) is 4.57. The molecule has 1 aliphatic rings. The van der Waals surface area contributed by atoms with E-state index in [0.29, 0.717) is 31.7 Å². The van der Waals surface area contributed by atoms with Gasteiger partial charge in [0.25, 0.3) is 0 Å². The second-order valence-electron chi connectivity index (χ2n) is 10.4. The predicted molar refractivity (Wildman–Crippen MR) is 149 cm³/mol. The van der Waals surface area contributed by atoms with Crippen molar-refractivity contribution in [1.82, 2.24) is 15.8 Å². The maximum Gasteiger partial charge on any atom is 0.234 e. The van der Waals surface area contributed by atoms with Gasteiger partial charge in [-0.15, -0.1) is 0 Å². The number of nitrogens with one attached hydrogen (secondary N) is 2. The van der Waals surface area contributed by atoms with Gasteiger partial charge >= 0.3 is 0 Å². The number of rotatable bonds is 14. The molecule has 3 amide bonds. The van der Waals surface area contributed by atoms with E-state index in [4.69, 9.17) is 0 Å². The summed E-state index contributed by atoms with van der Waals surface area (Å²) in [7, 11) is 0. The van der Waals surface area contributed by atoms with Crippen molar-refractivity contribution in [3.8, 4) is 0 Å². The van der Waals surface area contributed by atoms with Crippen molar-refractivity contribution in [3.63, 3.8) is 0 Å². The van der Waals surface area contributed by atoms with E-state index in [9.17, 15) is 19.5 Å². The summed E-state index contributed by atoms with van der Waals surface area (Å²) in [5, 5.41) is 15.9. The molecule has 0 unspecified atom stereocenters. The van der Waals surface area contributed by atoms with E-state index >= 15 is 0 Å². The Bertz CT molecular complexity index is 1040. The van der Waals surface area contributed by atoms with Crippen LogP contribution in [-0.2, 0) is 27.2 Å². The number of hydrogen-bond donors (Lipinski definition) is 3.